The van der Waals surface area contributed by atoms with Crippen LogP contribution in [0.3, 0.4) is 0 Å². The van der Waals surface area contributed by atoms with Crippen molar-refractivity contribution in [2.24, 2.45) is 0 Å². The second-order valence-electron chi connectivity index (χ2n) is 3.28. The predicted molar refractivity (Wildman–Crippen MR) is 67.4 cm³/mol. The van der Waals surface area contributed by atoms with E-state index in [2.05, 4.69) is 15.5 Å². The third kappa shape index (κ3) is 2.51. The molecule has 1 heterocycles. The molecule has 1 amide bonds. The number of halogens is 2. The highest BCUT2D eigenvalue weighted by atomic mass is 35.5. The van der Waals surface area contributed by atoms with Crippen LogP contribution in [0.15, 0.2) is 24.4 Å². The van der Waals surface area contributed by atoms with Gasteiger partial charge in [0.05, 0.1) is 22.5 Å². The lowest BCUT2D eigenvalue weighted by Gasteiger charge is -2.05. The van der Waals surface area contributed by atoms with Crippen LogP contribution in [-0.2, 0) is 0 Å². The number of benzene rings is 1. The lowest BCUT2D eigenvalue weighted by Crippen LogP contribution is -2.13. The fraction of sp³-hybridized carbons (Fsp3) is 0. The minimum Gasteiger partial charge on any atom is -0.394 e. The van der Waals surface area contributed by atoms with Gasteiger partial charge in [0.15, 0.2) is 5.82 Å². The number of hydrogen-bond donors (Lipinski definition) is 3. The highest BCUT2D eigenvalue weighted by Gasteiger charge is 2.13. The van der Waals surface area contributed by atoms with Crippen molar-refractivity contribution in [1.29, 1.82) is 0 Å². The summed E-state index contributed by atoms with van der Waals surface area (Å²) in [6, 6.07) is 4.63. The first kappa shape index (κ1) is 11.8. The molecule has 1 aromatic heterocycles. The quantitative estimate of drug-likeness (QED) is 0.784. The van der Waals surface area contributed by atoms with Crippen LogP contribution < -0.4 is 11.1 Å². The first-order valence-corrected chi connectivity index (χ1v) is 5.39. The van der Waals surface area contributed by atoms with Crippen molar-refractivity contribution in [1.82, 2.24) is 10.2 Å². The molecule has 2 rings (SSSR count). The summed E-state index contributed by atoms with van der Waals surface area (Å²) in [5.41, 5.74) is 6.18. The fourth-order valence-corrected chi connectivity index (χ4v) is 1.62. The van der Waals surface area contributed by atoms with E-state index in [9.17, 15) is 4.79 Å². The predicted octanol–water partition coefficient (Wildman–Crippen LogP) is 2.55. The van der Waals surface area contributed by atoms with Gasteiger partial charge in [-0.25, -0.2) is 0 Å². The third-order valence-electron chi connectivity index (χ3n) is 2.08. The van der Waals surface area contributed by atoms with Crippen LogP contribution >= 0.6 is 23.2 Å². The molecule has 0 unspecified atom stereocenters. The minimum atomic E-state index is -0.409. The van der Waals surface area contributed by atoms with Gasteiger partial charge in [0.25, 0.3) is 5.91 Å². The summed E-state index contributed by atoms with van der Waals surface area (Å²) in [5, 5.41) is 9.53. The average molecular weight is 271 g/mol. The number of carbonyl (C=O) groups is 1. The SMILES string of the molecule is Nc1cn[nH]c1NC(=O)c1cc(Cl)ccc1Cl. The Hall–Kier alpha value is -1.72. The van der Waals surface area contributed by atoms with E-state index in [1.807, 2.05) is 0 Å². The number of nitrogen functional groups attached to an aromatic ring is 1. The van der Waals surface area contributed by atoms with Crippen molar-refractivity contribution in [3.05, 3.63) is 40.0 Å². The molecule has 17 heavy (non-hydrogen) atoms. The lowest BCUT2D eigenvalue weighted by molar-refractivity contribution is 0.102. The van der Waals surface area contributed by atoms with Crippen LogP contribution in [0.4, 0.5) is 11.5 Å². The number of aromatic nitrogens is 2. The normalized spacial score (nSPS) is 10.2. The summed E-state index contributed by atoms with van der Waals surface area (Å²) in [6.07, 6.45) is 1.40. The Labute approximate surface area is 107 Å². The molecule has 88 valence electrons. The summed E-state index contributed by atoms with van der Waals surface area (Å²) in [4.78, 5) is 11.9. The molecular formula is C10H8Cl2N4O. The second-order valence-corrected chi connectivity index (χ2v) is 4.12. The first-order valence-electron chi connectivity index (χ1n) is 4.63. The summed E-state index contributed by atoms with van der Waals surface area (Å²) in [6.45, 7) is 0. The molecule has 4 N–H and O–H groups in total. The molecule has 0 aliphatic rings. The number of nitrogens with zero attached hydrogens (tertiary/aromatic N) is 1. The molecule has 0 aliphatic heterocycles. The molecule has 0 atom stereocenters. The van der Waals surface area contributed by atoms with Crippen molar-refractivity contribution < 1.29 is 4.79 Å². The lowest BCUT2D eigenvalue weighted by atomic mass is 10.2. The molecule has 7 heteroatoms. The van der Waals surface area contributed by atoms with Gasteiger partial charge in [-0.3, -0.25) is 9.89 Å². The van der Waals surface area contributed by atoms with Crippen LogP contribution in [0.5, 0.6) is 0 Å². The van der Waals surface area contributed by atoms with E-state index in [0.717, 1.165) is 0 Å². The van der Waals surface area contributed by atoms with Crippen LogP contribution in [0.1, 0.15) is 10.4 Å². The number of carbonyl (C=O) groups excluding carboxylic acids is 1. The van der Waals surface area contributed by atoms with Gasteiger partial charge in [-0.05, 0) is 18.2 Å². The van der Waals surface area contributed by atoms with Gasteiger partial charge >= 0.3 is 0 Å². The Kier molecular flexibility index (Phi) is 3.21. The van der Waals surface area contributed by atoms with E-state index in [-0.39, 0.29) is 5.56 Å². The Bertz CT molecular complexity index is 567. The maximum absolute atomic E-state index is 11.9. The summed E-state index contributed by atoms with van der Waals surface area (Å²) < 4.78 is 0. The zero-order valence-electron chi connectivity index (χ0n) is 8.50. The molecule has 0 bridgehead atoms. The van der Waals surface area contributed by atoms with E-state index in [1.165, 1.54) is 12.3 Å². The zero-order chi connectivity index (χ0) is 12.4. The average Bonchev–Trinajstić information content (AvgIpc) is 2.68. The molecule has 0 saturated heterocycles. The van der Waals surface area contributed by atoms with E-state index in [4.69, 9.17) is 28.9 Å². The van der Waals surface area contributed by atoms with Crippen LogP contribution in [-0.4, -0.2) is 16.1 Å². The number of anilines is 2. The molecule has 1 aromatic carbocycles. The molecule has 0 spiro atoms. The first-order chi connectivity index (χ1) is 8.08. The Morgan fingerprint density at radius 3 is 2.82 bits per heavy atom. The molecule has 0 radical (unpaired) electrons. The Morgan fingerprint density at radius 2 is 2.18 bits per heavy atom. The third-order valence-corrected chi connectivity index (χ3v) is 2.64. The summed E-state index contributed by atoms with van der Waals surface area (Å²) in [7, 11) is 0. The minimum absolute atomic E-state index is 0.271. The van der Waals surface area contributed by atoms with Crippen molar-refractivity contribution in [3.8, 4) is 0 Å². The van der Waals surface area contributed by atoms with Crippen molar-refractivity contribution in [2.75, 3.05) is 11.1 Å². The van der Waals surface area contributed by atoms with Gasteiger partial charge in [-0.1, -0.05) is 23.2 Å². The number of nitrogens with two attached hydrogens (primary N) is 1. The molecular weight excluding hydrogens is 263 g/mol. The standard InChI is InChI=1S/C10H8Cl2N4O/c11-5-1-2-7(12)6(3-5)10(17)15-9-8(13)4-14-16-9/h1-4H,13H2,(H2,14,15,16,17). The zero-order valence-corrected chi connectivity index (χ0v) is 10.0. The fourth-order valence-electron chi connectivity index (χ4n) is 1.25. The topological polar surface area (TPSA) is 83.8 Å². The number of hydrogen-bond acceptors (Lipinski definition) is 3. The van der Waals surface area contributed by atoms with Gasteiger partial charge in [-0.2, -0.15) is 5.10 Å². The second kappa shape index (κ2) is 4.65. The summed E-state index contributed by atoms with van der Waals surface area (Å²) >= 11 is 11.7. The van der Waals surface area contributed by atoms with Crippen molar-refractivity contribution in [3.63, 3.8) is 0 Å². The number of amides is 1. The van der Waals surface area contributed by atoms with E-state index >= 15 is 0 Å². The molecule has 0 aliphatic carbocycles. The number of H-pyrrole nitrogens is 1. The maximum atomic E-state index is 11.9. The van der Waals surface area contributed by atoms with Gasteiger partial charge in [0, 0.05) is 5.02 Å². The van der Waals surface area contributed by atoms with Gasteiger partial charge in [-0.15, -0.1) is 0 Å². The Morgan fingerprint density at radius 1 is 1.41 bits per heavy atom. The maximum Gasteiger partial charge on any atom is 0.258 e. The van der Waals surface area contributed by atoms with Crippen LogP contribution in [0.2, 0.25) is 10.0 Å². The van der Waals surface area contributed by atoms with Gasteiger partial charge in [0.2, 0.25) is 0 Å². The Balaban J connectivity index is 2.26. The number of nitrogens with one attached hydrogen (secondary N) is 2. The molecule has 2 aromatic rings. The highest BCUT2D eigenvalue weighted by Crippen LogP contribution is 2.22. The van der Waals surface area contributed by atoms with Crippen molar-refractivity contribution in [2.45, 2.75) is 0 Å². The van der Waals surface area contributed by atoms with Crippen molar-refractivity contribution >= 4 is 40.6 Å². The highest BCUT2D eigenvalue weighted by molar-refractivity contribution is 6.36. The van der Waals surface area contributed by atoms with Crippen LogP contribution in [0, 0.1) is 0 Å². The van der Waals surface area contributed by atoms with E-state index in [0.29, 0.717) is 21.6 Å². The van der Waals surface area contributed by atoms with Gasteiger partial charge in [0.1, 0.15) is 0 Å². The molecule has 0 saturated carbocycles. The molecule has 5 nitrogen and oxygen atoms in total. The number of rotatable bonds is 2. The largest absolute Gasteiger partial charge is 0.394 e. The van der Waals surface area contributed by atoms with Gasteiger partial charge < -0.3 is 11.1 Å². The monoisotopic (exact) mass is 270 g/mol. The van der Waals surface area contributed by atoms with E-state index in [1.54, 1.807) is 12.1 Å². The number of aromatic amines is 1. The summed E-state index contributed by atoms with van der Waals surface area (Å²) in [5.74, 6) is -0.0838. The smallest absolute Gasteiger partial charge is 0.258 e. The molecule has 0 fully saturated rings. The van der Waals surface area contributed by atoms with E-state index < -0.39 is 5.91 Å². The van der Waals surface area contributed by atoms with Crippen LogP contribution in [0.25, 0.3) is 0 Å².